The second-order valence-corrected chi connectivity index (χ2v) is 7.56. The Hall–Kier alpha value is -1.25. The Morgan fingerprint density at radius 3 is 2.90 bits per heavy atom. The molecule has 0 bridgehead atoms. The van der Waals surface area contributed by atoms with E-state index in [2.05, 4.69) is 14.8 Å². The van der Waals surface area contributed by atoms with Gasteiger partial charge >= 0.3 is 5.97 Å². The van der Waals surface area contributed by atoms with E-state index in [9.17, 15) is 13.2 Å². The van der Waals surface area contributed by atoms with Crippen molar-refractivity contribution in [3.05, 3.63) is 24.3 Å². The summed E-state index contributed by atoms with van der Waals surface area (Å²) < 4.78 is 31.9. The molecule has 8 heteroatoms. The van der Waals surface area contributed by atoms with Gasteiger partial charge in [0.1, 0.15) is 6.04 Å². The zero-order valence-corrected chi connectivity index (χ0v) is 13.5. The van der Waals surface area contributed by atoms with E-state index in [-0.39, 0.29) is 13.0 Å². The standard InChI is InChI=1S/C13H18N2O4S2/c1-19-13(16)12-7-11(8-14-12)21(17,18)15-9-4-3-5-10(6-9)20-2/h3-6,11-12,14-15H,7-8H2,1-2H3. The molecular weight excluding hydrogens is 312 g/mol. The van der Waals surface area contributed by atoms with Gasteiger partial charge in [-0.3, -0.25) is 9.52 Å². The molecule has 2 atom stereocenters. The molecule has 2 unspecified atom stereocenters. The first-order valence-corrected chi connectivity index (χ1v) is 9.20. The Morgan fingerprint density at radius 1 is 1.48 bits per heavy atom. The summed E-state index contributed by atoms with van der Waals surface area (Å²) in [6.07, 6.45) is 2.14. The minimum atomic E-state index is -3.54. The molecule has 116 valence electrons. The van der Waals surface area contributed by atoms with Gasteiger partial charge in [0.2, 0.25) is 10.0 Å². The van der Waals surface area contributed by atoms with E-state index >= 15 is 0 Å². The summed E-state index contributed by atoms with van der Waals surface area (Å²) in [4.78, 5) is 12.4. The second kappa shape index (κ2) is 6.67. The van der Waals surface area contributed by atoms with Gasteiger partial charge in [-0.15, -0.1) is 11.8 Å². The normalized spacial score (nSPS) is 22.0. The number of rotatable bonds is 5. The number of sulfonamides is 1. The number of carbonyl (C=O) groups is 1. The molecule has 1 aromatic rings. The Bertz CT molecular complexity index is 618. The van der Waals surface area contributed by atoms with Crippen LogP contribution in [0, 0.1) is 0 Å². The third-order valence-corrected chi connectivity index (χ3v) is 5.83. The number of ether oxygens (including phenoxy) is 1. The van der Waals surface area contributed by atoms with Crippen molar-refractivity contribution in [3.8, 4) is 0 Å². The van der Waals surface area contributed by atoms with Gasteiger partial charge in [0.05, 0.1) is 12.4 Å². The molecular formula is C13H18N2O4S2. The molecule has 1 aliphatic rings. The molecule has 2 rings (SSSR count). The van der Waals surface area contributed by atoms with Crippen molar-refractivity contribution < 1.29 is 17.9 Å². The number of anilines is 1. The number of thioether (sulfide) groups is 1. The lowest BCUT2D eigenvalue weighted by Crippen LogP contribution is -2.31. The maximum absolute atomic E-state index is 12.3. The van der Waals surface area contributed by atoms with Crippen LogP contribution in [0.4, 0.5) is 5.69 Å². The number of esters is 1. The lowest BCUT2D eigenvalue weighted by molar-refractivity contribution is -0.142. The third-order valence-electron chi connectivity index (χ3n) is 3.34. The molecule has 1 heterocycles. The largest absolute Gasteiger partial charge is 0.468 e. The zero-order chi connectivity index (χ0) is 15.5. The first kappa shape index (κ1) is 16.1. The van der Waals surface area contributed by atoms with E-state index in [1.54, 1.807) is 30.0 Å². The van der Waals surface area contributed by atoms with Gasteiger partial charge in [-0.1, -0.05) is 6.07 Å². The molecule has 1 fully saturated rings. The number of hydrogen-bond donors (Lipinski definition) is 2. The average Bonchev–Trinajstić information content (AvgIpc) is 2.97. The molecule has 1 saturated heterocycles. The van der Waals surface area contributed by atoms with E-state index in [4.69, 9.17) is 0 Å². The van der Waals surface area contributed by atoms with Gasteiger partial charge in [-0.2, -0.15) is 0 Å². The lowest BCUT2D eigenvalue weighted by Gasteiger charge is -2.13. The average molecular weight is 330 g/mol. The number of carbonyl (C=O) groups excluding carboxylic acids is 1. The van der Waals surface area contributed by atoms with Crippen LogP contribution in [0.5, 0.6) is 0 Å². The molecule has 1 aliphatic heterocycles. The lowest BCUT2D eigenvalue weighted by atomic mass is 10.2. The van der Waals surface area contributed by atoms with Crippen molar-refractivity contribution in [1.29, 1.82) is 0 Å². The van der Waals surface area contributed by atoms with Crippen molar-refractivity contribution >= 4 is 33.4 Å². The summed E-state index contributed by atoms with van der Waals surface area (Å²) in [7, 11) is -2.25. The topological polar surface area (TPSA) is 84.5 Å². The molecule has 0 amide bonds. The summed E-state index contributed by atoms with van der Waals surface area (Å²) in [6.45, 7) is 0.233. The zero-order valence-electron chi connectivity index (χ0n) is 11.8. The maximum atomic E-state index is 12.3. The van der Waals surface area contributed by atoms with Crippen molar-refractivity contribution in [2.75, 3.05) is 24.6 Å². The van der Waals surface area contributed by atoms with Gasteiger partial charge < -0.3 is 10.1 Å². The molecule has 2 N–H and O–H groups in total. The van der Waals surface area contributed by atoms with E-state index in [1.165, 1.54) is 7.11 Å². The summed E-state index contributed by atoms with van der Waals surface area (Å²) in [5.74, 6) is -0.433. The van der Waals surface area contributed by atoms with Gasteiger partial charge in [-0.05, 0) is 30.9 Å². The van der Waals surface area contributed by atoms with E-state index < -0.39 is 27.3 Å². The van der Waals surface area contributed by atoms with Crippen molar-refractivity contribution in [2.24, 2.45) is 0 Å². The van der Waals surface area contributed by atoms with Crippen LogP contribution >= 0.6 is 11.8 Å². The Morgan fingerprint density at radius 2 is 2.24 bits per heavy atom. The van der Waals surface area contributed by atoms with Gasteiger partial charge in [0.25, 0.3) is 0 Å². The highest BCUT2D eigenvalue weighted by Crippen LogP contribution is 2.22. The SMILES string of the molecule is COC(=O)C1CC(S(=O)(=O)Nc2cccc(SC)c2)CN1. The summed E-state index contributed by atoms with van der Waals surface area (Å²) in [5, 5.41) is 2.22. The fourth-order valence-corrected chi connectivity index (χ4v) is 4.04. The Balaban J connectivity index is 2.07. The molecule has 0 aliphatic carbocycles. The van der Waals surface area contributed by atoms with E-state index in [0.29, 0.717) is 5.69 Å². The predicted molar refractivity (Wildman–Crippen MR) is 83.0 cm³/mol. The van der Waals surface area contributed by atoms with E-state index in [1.807, 2.05) is 12.3 Å². The quantitative estimate of drug-likeness (QED) is 0.620. The fraction of sp³-hybridized carbons (Fsp3) is 0.462. The number of methoxy groups -OCH3 is 1. The molecule has 6 nitrogen and oxygen atoms in total. The summed E-state index contributed by atoms with van der Waals surface area (Å²) in [5.41, 5.74) is 0.531. The number of benzene rings is 1. The Kier molecular flexibility index (Phi) is 5.13. The number of hydrogen-bond acceptors (Lipinski definition) is 6. The van der Waals surface area contributed by atoms with Crippen LogP contribution in [0.25, 0.3) is 0 Å². The second-order valence-electron chi connectivity index (χ2n) is 4.72. The molecule has 0 saturated carbocycles. The van der Waals surface area contributed by atoms with Crippen LogP contribution in [-0.4, -0.2) is 45.6 Å². The van der Waals surface area contributed by atoms with Crippen LogP contribution in [0.2, 0.25) is 0 Å². The first-order valence-electron chi connectivity index (χ1n) is 6.43. The minimum absolute atomic E-state index is 0.213. The molecule has 0 spiro atoms. The minimum Gasteiger partial charge on any atom is -0.468 e. The molecule has 0 aromatic heterocycles. The van der Waals surface area contributed by atoms with Crippen LogP contribution in [0.15, 0.2) is 29.2 Å². The monoisotopic (exact) mass is 330 g/mol. The van der Waals surface area contributed by atoms with Gasteiger partial charge in [0.15, 0.2) is 0 Å². The first-order chi connectivity index (χ1) is 9.96. The summed E-state index contributed by atoms with van der Waals surface area (Å²) >= 11 is 1.54. The molecule has 21 heavy (non-hydrogen) atoms. The van der Waals surface area contributed by atoms with Crippen molar-refractivity contribution in [2.45, 2.75) is 22.6 Å². The molecule has 0 radical (unpaired) electrons. The van der Waals surface area contributed by atoms with E-state index in [0.717, 1.165) is 4.90 Å². The van der Waals surface area contributed by atoms with Crippen molar-refractivity contribution in [3.63, 3.8) is 0 Å². The number of nitrogens with one attached hydrogen (secondary N) is 2. The summed E-state index contributed by atoms with van der Waals surface area (Å²) in [6, 6.07) is 6.63. The molecule has 1 aromatic carbocycles. The fourth-order valence-electron chi connectivity index (χ4n) is 2.20. The van der Waals surface area contributed by atoms with Crippen LogP contribution in [-0.2, 0) is 19.6 Å². The highest BCUT2D eigenvalue weighted by Gasteiger charge is 2.37. The maximum Gasteiger partial charge on any atom is 0.322 e. The van der Waals surface area contributed by atoms with Crippen LogP contribution in [0.1, 0.15) is 6.42 Å². The van der Waals surface area contributed by atoms with Gasteiger partial charge in [-0.25, -0.2) is 8.42 Å². The highest BCUT2D eigenvalue weighted by atomic mass is 32.2. The highest BCUT2D eigenvalue weighted by molar-refractivity contribution is 7.98. The van der Waals surface area contributed by atoms with Gasteiger partial charge in [0, 0.05) is 17.1 Å². The predicted octanol–water partition coefficient (Wildman–Crippen LogP) is 1.05. The van der Waals surface area contributed by atoms with Crippen molar-refractivity contribution in [1.82, 2.24) is 5.32 Å². The van der Waals surface area contributed by atoms with Crippen LogP contribution in [0.3, 0.4) is 0 Å². The smallest absolute Gasteiger partial charge is 0.322 e. The Labute approximate surface area is 128 Å². The van der Waals surface area contributed by atoms with Crippen LogP contribution < -0.4 is 10.0 Å². The third kappa shape index (κ3) is 3.90.